The minimum absolute atomic E-state index is 0.0881. The maximum atomic E-state index is 10.8. The summed E-state index contributed by atoms with van der Waals surface area (Å²) >= 11 is 0. The topological polar surface area (TPSA) is 59.7 Å². The first-order chi connectivity index (χ1) is 11.1. The second-order valence-electron chi connectivity index (χ2n) is 5.16. The zero-order valence-electron chi connectivity index (χ0n) is 12.6. The number of hydrogen-bond acceptors (Lipinski definition) is 3. The van der Waals surface area contributed by atoms with Crippen LogP contribution in [0.3, 0.4) is 0 Å². The van der Waals surface area contributed by atoms with Crippen LogP contribution < -0.4 is 4.74 Å². The third-order valence-electron chi connectivity index (χ3n) is 3.51. The zero-order chi connectivity index (χ0) is 16.2. The SMILES string of the molecule is CC(Oc1ccc(-c2ccccc2)cc1)c1ccc(C(=O)O)o1. The number of furan rings is 1. The van der Waals surface area contributed by atoms with E-state index < -0.39 is 5.97 Å². The van der Waals surface area contributed by atoms with Crippen molar-refractivity contribution in [1.82, 2.24) is 0 Å². The van der Waals surface area contributed by atoms with Crippen molar-refractivity contribution in [2.45, 2.75) is 13.0 Å². The summed E-state index contributed by atoms with van der Waals surface area (Å²) in [4.78, 5) is 10.8. The quantitative estimate of drug-likeness (QED) is 0.736. The van der Waals surface area contributed by atoms with Crippen molar-refractivity contribution >= 4 is 5.97 Å². The van der Waals surface area contributed by atoms with Gasteiger partial charge in [-0.1, -0.05) is 42.5 Å². The molecule has 4 heteroatoms. The van der Waals surface area contributed by atoms with Gasteiger partial charge >= 0.3 is 5.97 Å². The van der Waals surface area contributed by atoms with Crippen molar-refractivity contribution in [1.29, 1.82) is 0 Å². The van der Waals surface area contributed by atoms with Crippen molar-refractivity contribution in [2.24, 2.45) is 0 Å². The highest BCUT2D eigenvalue weighted by Gasteiger charge is 2.15. The molecule has 3 rings (SSSR count). The van der Waals surface area contributed by atoms with Gasteiger partial charge in [-0.2, -0.15) is 0 Å². The van der Waals surface area contributed by atoms with Crippen LogP contribution in [0.25, 0.3) is 11.1 Å². The number of rotatable bonds is 5. The van der Waals surface area contributed by atoms with Gasteiger partial charge < -0.3 is 14.3 Å². The number of benzene rings is 2. The van der Waals surface area contributed by atoms with Crippen molar-refractivity contribution in [3.8, 4) is 16.9 Å². The molecule has 1 heterocycles. The Morgan fingerprint density at radius 3 is 2.22 bits per heavy atom. The van der Waals surface area contributed by atoms with Crippen molar-refractivity contribution in [3.05, 3.63) is 78.3 Å². The molecule has 0 aliphatic rings. The molecule has 0 aliphatic carbocycles. The van der Waals surface area contributed by atoms with Crippen LogP contribution in [0.2, 0.25) is 0 Å². The van der Waals surface area contributed by atoms with E-state index in [1.54, 1.807) is 6.07 Å². The van der Waals surface area contributed by atoms with Crippen LogP contribution in [0, 0.1) is 0 Å². The molecule has 1 atom stereocenters. The molecule has 0 saturated heterocycles. The molecule has 1 aromatic heterocycles. The molecule has 0 fully saturated rings. The van der Waals surface area contributed by atoms with Crippen LogP contribution >= 0.6 is 0 Å². The molecule has 3 aromatic rings. The molecule has 2 aromatic carbocycles. The molecule has 0 saturated carbocycles. The van der Waals surface area contributed by atoms with Crippen molar-refractivity contribution in [3.63, 3.8) is 0 Å². The largest absolute Gasteiger partial charge is 0.483 e. The van der Waals surface area contributed by atoms with E-state index in [1.807, 2.05) is 49.4 Å². The van der Waals surface area contributed by atoms with Crippen LogP contribution in [0.15, 0.2) is 71.1 Å². The number of carboxylic acids is 1. The van der Waals surface area contributed by atoms with E-state index in [1.165, 1.54) is 6.07 Å². The average molecular weight is 308 g/mol. The number of hydrogen-bond donors (Lipinski definition) is 1. The molecule has 0 spiro atoms. The molecular weight excluding hydrogens is 292 g/mol. The van der Waals surface area contributed by atoms with Gasteiger partial charge in [-0.05, 0) is 42.3 Å². The van der Waals surface area contributed by atoms with E-state index >= 15 is 0 Å². The summed E-state index contributed by atoms with van der Waals surface area (Å²) < 4.78 is 11.0. The predicted octanol–water partition coefficient (Wildman–Crippen LogP) is 4.78. The number of carboxylic acid groups (broad SMARTS) is 1. The maximum Gasteiger partial charge on any atom is 0.371 e. The zero-order valence-corrected chi connectivity index (χ0v) is 12.6. The van der Waals surface area contributed by atoms with Gasteiger partial charge in [-0.25, -0.2) is 4.79 Å². The van der Waals surface area contributed by atoms with Gasteiger partial charge in [0.15, 0.2) is 6.10 Å². The van der Waals surface area contributed by atoms with Crippen LogP contribution in [-0.4, -0.2) is 11.1 Å². The van der Waals surface area contributed by atoms with Gasteiger partial charge in [0.1, 0.15) is 11.5 Å². The Morgan fingerprint density at radius 1 is 0.957 bits per heavy atom. The van der Waals surface area contributed by atoms with Gasteiger partial charge in [0.2, 0.25) is 5.76 Å². The van der Waals surface area contributed by atoms with Gasteiger partial charge in [0.05, 0.1) is 0 Å². The molecule has 116 valence electrons. The average Bonchev–Trinajstić information content (AvgIpc) is 3.07. The number of carbonyl (C=O) groups is 1. The van der Waals surface area contributed by atoms with E-state index in [4.69, 9.17) is 14.3 Å². The summed E-state index contributed by atoms with van der Waals surface area (Å²) in [7, 11) is 0. The summed E-state index contributed by atoms with van der Waals surface area (Å²) in [5.41, 5.74) is 2.25. The van der Waals surface area contributed by atoms with E-state index in [0.29, 0.717) is 11.5 Å². The molecule has 4 nitrogen and oxygen atoms in total. The standard InChI is InChI=1S/C19H16O4/c1-13(17-11-12-18(23-17)19(20)21)22-16-9-7-15(8-10-16)14-5-3-2-4-6-14/h2-13H,1H3,(H,20,21). The summed E-state index contributed by atoms with van der Waals surface area (Å²) in [6.07, 6.45) is -0.370. The van der Waals surface area contributed by atoms with E-state index in [9.17, 15) is 4.79 Å². The first-order valence-electron chi connectivity index (χ1n) is 7.28. The van der Waals surface area contributed by atoms with Crippen molar-refractivity contribution in [2.75, 3.05) is 0 Å². The monoisotopic (exact) mass is 308 g/mol. The Kier molecular flexibility index (Phi) is 4.15. The van der Waals surface area contributed by atoms with Gasteiger partial charge in [0.25, 0.3) is 0 Å². The molecule has 0 bridgehead atoms. The van der Waals surface area contributed by atoms with Crippen LogP contribution in [0.5, 0.6) is 5.75 Å². The Hall–Kier alpha value is -3.01. The van der Waals surface area contributed by atoms with Crippen LogP contribution in [0.4, 0.5) is 0 Å². The lowest BCUT2D eigenvalue weighted by Gasteiger charge is -2.13. The summed E-state index contributed by atoms with van der Waals surface area (Å²) in [6.45, 7) is 1.82. The minimum Gasteiger partial charge on any atom is -0.483 e. The fourth-order valence-corrected chi connectivity index (χ4v) is 2.31. The van der Waals surface area contributed by atoms with E-state index in [-0.39, 0.29) is 11.9 Å². The maximum absolute atomic E-state index is 10.8. The molecule has 1 N–H and O–H groups in total. The highest BCUT2D eigenvalue weighted by molar-refractivity contribution is 5.84. The fourth-order valence-electron chi connectivity index (χ4n) is 2.31. The fraction of sp³-hybridized carbons (Fsp3) is 0.105. The van der Waals surface area contributed by atoms with Gasteiger partial charge in [-0.15, -0.1) is 0 Å². The first-order valence-corrected chi connectivity index (χ1v) is 7.28. The van der Waals surface area contributed by atoms with Crippen LogP contribution in [-0.2, 0) is 0 Å². The third kappa shape index (κ3) is 3.43. The Bertz CT molecular complexity index is 788. The van der Waals surface area contributed by atoms with E-state index in [0.717, 1.165) is 11.1 Å². The second kappa shape index (κ2) is 6.40. The predicted molar refractivity (Wildman–Crippen MR) is 86.6 cm³/mol. The minimum atomic E-state index is -1.09. The Balaban J connectivity index is 1.71. The summed E-state index contributed by atoms with van der Waals surface area (Å²) in [6, 6.07) is 20.9. The lowest BCUT2D eigenvalue weighted by atomic mass is 10.1. The normalized spacial score (nSPS) is 11.9. The summed E-state index contributed by atoms with van der Waals surface area (Å²) in [5.74, 6) is 0.00512. The van der Waals surface area contributed by atoms with E-state index in [2.05, 4.69) is 12.1 Å². The first kappa shape index (κ1) is 14.9. The number of aromatic carboxylic acids is 1. The third-order valence-corrected chi connectivity index (χ3v) is 3.51. The molecule has 0 aliphatic heterocycles. The highest BCUT2D eigenvalue weighted by Crippen LogP contribution is 2.26. The molecule has 1 unspecified atom stereocenters. The van der Waals surface area contributed by atoms with Gasteiger partial charge in [-0.3, -0.25) is 0 Å². The van der Waals surface area contributed by atoms with Crippen molar-refractivity contribution < 1.29 is 19.1 Å². The molecule has 0 amide bonds. The molecule has 23 heavy (non-hydrogen) atoms. The van der Waals surface area contributed by atoms with Gasteiger partial charge in [0, 0.05) is 0 Å². The lowest BCUT2D eigenvalue weighted by Crippen LogP contribution is -2.02. The number of ether oxygens (including phenoxy) is 1. The highest BCUT2D eigenvalue weighted by atomic mass is 16.5. The smallest absolute Gasteiger partial charge is 0.371 e. The molecular formula is C19H16O4. The molecule has 0 radical (unpaired) electrons. The Labute approximate surface area is 134 Å². The second-order valence-corrected chi connectivity index (χ2v) is 5.16. The van der Waals surface area contributed by atoms with Crippen LogP contribution in [0.1, 0.15) is 29.3 Å². The Morgan fingerprint density at radius 2 is 1.61 bits per heavy atom. The summed E-state index contributed by atoms with van der Waals surface area (Å²) in [5, 5.41) is 8.87. The lowest BCUT2D eigenvalue weighted by molar-refractivity contribution is 0.0655.